The molecule has 13 heteroatoms. The molecule has 166 valence electrons. The number of rotatable bonds is 4. The predicted molar refractivity (Wildman–Crippen MR) is 126 cm³/mol. The normalized spacial score (nSPS) is 19.0. The van der Waals surface area contributed by atoms with Crippen LogP contribution in [0.25, 0.3) is 11.3 Å². The number of alkyl halides is 3. The second-order valence-electron chi connectivity index (χ2n) is 10.2. The van der Waals surface area contributed by atoms with Crippen LogP contribution in [-0.2, 0) is 9.31 Å². The molecule has 0 amide bonds. The van der Waals surface area contributed by atoms with E-state index in [4.69, 9.17) is 15.0 Å². The highest BCUT2D eigenvalue weighted by atomic mass is 19.4. The monoisotopic (exact) mass is 442 g/mol. The molecular formula is C19H25B4F3N4O2. The van der Waals surface area contributed by atoms with Crippen molar-refractivity contribution in [3.63, 3.8) is 0 Å². The number of nitriles is 1. The number of aromatic nitrogens is 2. The molecule has 1 aliphatic heterocycles. The minimum atomic E-state index is -4.59. The molecule has 0 saturated carbocycles. The lowest BCUT2D eigenvalue weighted by atomic mass is 9.39. The average molecular weight is 442 g/mol. The van der Waals surface area contributed by atoms with Crippen LogP contribution in [0.15, 0.2) is 24.3 Å². The van der Waals surface area contributed by atoms with Crippen LogP contribution < -0.4 is 11.2 Å². The molecule has 0 bridgehead atoms. The molecule has 1 aromatic carbocycles. The van der Waals surface area contributed by atoms with Gasteiger partial charge in [0.05, 0.1) is 34.7 Å². The van der Waals surface area contributed by atoms with Gasteiger partial charge in [-0.15, -0.1) is 0 Å². The number of hydrogen-bond donors (Lipinski definition) is 1. The smallest absolute Gasteiger partial charge is 0.399 e. The second kappa shape index (κ2) is 7.63. The summed E-state index contributed by atoms with van der Waals surface area (Å²) in [5.41, 5.74) is 6.20. The summed E-state index contributed by atoms with van der Waals surface area (Å²) in [4.78, 5) is 0. The van der Waals surface area contributed by atoms with Crippen molar-refractivity contribution in [1.82, 2.24) is 9.78 Å². The molecule has 0 spiro atoms. The maximum atomic E-state index is 13.9. The first-order chi connectivity index (χ1) is 14.5. The lowest BCUT2D eigenvalue weighted by Crippen LogP contribution is -2.41. The van der Waals surface area contributed by atoms with E-state index in [0.717, 1.165) is 10.1 Å². The maximum absolute atomic E-state index is 13.9. The third kappa shape index (κ3) is 4.18. The van der Waals surface area contributed by atoms with Crippen molar-refractivity contribution in [2.75, 3.05) is 5.73 Å². The van der Waals surface area contributed by atoms with Gasteiger partial charge in [-0.25, -0.2) is 4.68 Å². The van der Waals surface area contributed by atoms with Crippen molar-refractivity contribution in [2.45, 2.75) is 56.2 Å². The first-order valence-corrected chi connectivity index (χ1v) is 10.3. The molecule has 1 aliphatic rings. The van der Waals surface area contributed by atoms with Crippen molar-refractivity contribution < 1.29 is 22.5 Å². The minimum absolute atomic E-state index is 0.0908. The number of benzene rings is 1. The van der Waals surface area contributed by atoms with E-state index in [2.05, 4.69) is 5.10 Å². The van der Waals surface area contributed by atoms with Crippen LogP contribution in [-0.4, -0.2) is 57.8 Å². The van der Waals surface area contributed by atoms with Gasteiger partial charge in [-0.05, 0) is 33.2 Å². The van der Waals surface area contributed by atoms with E-state index in [1.54, 1.807) is 24.3 Å². The average Bonchev–Trinajstić information content (AvgIpc) is 3.05. The highest BCUT2D eigenvalue weighted by Crippen LogP contribution is 2.45. The zero-order chi connectivity index (χ0) is 24.3. The van der Waals surface area contributed by atoms with Crippen molar-refractivity contribution in [3.8, 4) is 17.3 Å². The Morgan fingerprint density at radius 2 is 1.59 bits per heavy atom. The van der Waals surface area contributed by atoms with Crippen molar-refractivity contribution in [3.05, 3.63) is 29.8 Å². The topological polar surface area (TPSA) is 86.1 Å². The van der Waals surface area contributed by atoms with E-state index in [1.807, 2.05) is 33.8 Å². The molecule has 2 heterocycles. The Morgan fingerprint density at radius 1 is 1.09 bits per heavy atom. The Labute approximate surface area is 189 Å². The van der Waals surface area contributed by atoms with Gasteiger partial charge >= 0.3 is 13.3 Å². The predicted octanol–water partition coefficient (Wildman–Crippen LogP) is 0.380. The Kier molecular flexibility index (Phi) is 5.80. The van der Waals surface area contributed by atoms with E-state index in [1.165, 1.54) is 23.5 Å². The largest absolute Gasteiger partial charge is 0.494 e. The second-order valence-corrected chi connectivity index (χ2v) is 10.2. The summed E-state index contributed by atoms with van der Waals surface area (Å²) in [5.74, 6) is -0.310. The van der Waals surface area contributed by atoms with Crippen LogP contribution in [0.1, 0.15) is 39.3 Å². The van der Waals surface area contributed by atoms with Crippen molar-refractivity contribution in [2.24, 2.45) is 0 Å². The summed E-state index contributed by atoms with van der Waals surface area (Å²) in [6, 6.07) is 6.77. The number of nitrogen functional groups attached to an aromatic ring is 1. The van der Waals surface area contributed by atoms with Crippen LogP contribution in [0.5, 0.6) is 0 Å². The quantitative estimate of drug-likeness (QED) is 0.693. The molecule has 32 heavy (non-hydrogen) atoms. The molecule has 3 rings (SSSR count). The first-order valence-electron chi connectivity index (χ1n) is 10.3. The Bertz CT molecular complexity index is 1030. The lowest BCUT2D eigenvalue weighted by Gasteiger charge is -2.33. The molecule has 1 aromatic heterocycles. The van der Waals surface area contributed by atoms with Gasteiger partial charge in [0.15, 0.2) is 0 Å². The van der Waals surface area contributed by atoms with E-state index in [9.17, 15) is 18.4 Å². The van der Waals surface area contributed by atoms with Crippen LogP contribution in [0.2, 0.25) is 5.11 Å². The molecule has 0 radical (unpaired) electrons. The molecule has 6 nitrogen and oxygen atoms in total. The lowest BCUT2D eigenvalue weighted by molar-refractivity contribution is -0.169. The zero-order valence-corrected chi connectivity index (χ0v) is 19.3. The molecule has 0 aliphatic carbocycles. The molecule has 1 unspecified atom stereocenters. The number of anilines is 1. The summed E-state index contributed by atoms with van der Waals surface area (Å²) in [5, 5.41) is 12.5. The molecule has 2 aromatic rings. The number of nitrogens with zero attached hydrogens (tertiary/aromatic N) is 3. The molecule has 1 saturated heterocycles. The molecule has 2 N–H and O–H groups in total. The van der Waals surface area contributed by atoms with Gasteiger partial charge in [-0.3, -0.25) is 0 Å². The van der Waals surface area contributed by atoms with Gasteiger partial charge in [0, 0.05) is 5.56 Å². The minimum Gasteiger partial charge on any atom is -0.399 e. The van der Waals surface area contributed by atoms with Gasteiger partial charge in [-0.2, -0.15) is 23.5 Å². The van der Waals surface area contributed by atoms with Crippen molar-refractivity contribution >= 4 is 41.9 Å². The standard InChI is InChI=1S/C19H25B4F3N4O2/c1-16(2)17(3,4)32-23(31-16)11-7-5-10(6-8-11)13-12(9-27)14(28)30(29-13)15(18(20,21)22)19(24,25)26/h5-8,15H,20-22,28H2,1-4H3. The molecule has 1 atom stereocenters. The highest BCUT2D eigenvalue weighted by molar-refractivity contribution is 6.62. The van der Waals surface area contributed by atoms with Gasteiger partial charge in [0.1, 0.15) is 29.2 Å². The van der Waals surface area contributed by atoms with E-state index in [-0.39, 0.29) is 17.1 Å². The maximum Gasteiger partial charge on any atom is 0.494 e. The fourth-order valence-corrected chi connectivity index (χ4v) is 3.73. The van der Waals surface area contributed by atoms with E-state index >= 15 is 0 Å². The van der Waals surface area contributed by atoms with E-state index < -0.39 is 35.7 Å². The van der Waals surface area contributed by atoms with Gasteiger partial charge < -0.3 is 15.0 Å². The third-order valence-electron chi connectivity index (χ3n) is 6.14. The Morgan fingerprint density at radius 3 is 2.00 bits per heavy atom. The summed E-state index contributed by atoms with van der Waals surface area (Å²) >= 11 is 0. The summed E-state index contributed by atoms with van der Waals surface area (Å²) in [6.45, 7) is 7.79. The zero-order valence-electron chi connectivity index (χ0n) is 19.3. The van der Waals surface area contributed by atoms with Gasteiger partial charge in [-0.1, -0.05) is 29.4 Å². The number of hydrogen-bond acceptors (Lipinski definition) is 5. The number of nitrogens with two attached hydrogens (primary N) is 1. The Balaban J connectivity index is 2.01. The van der Waals surface area contributed by atoms with Gasteiger partial charge in [0.2, 0.25) is 0 Å². The van der Waals surface area contributed by atoms with Crippen LogP contribution >= 0.6 is 0 Å². The van der Waals surface area contributed by atoms with Crippen LogP contribution in [0.3, 0.4) is 0 Å². The molecular weight excluding hydrogens is 416 g/mol. The third-order valence-corrected chi connectivity index (χ3v) is 6.14. The number of halogens is 3. The summed E-state index contributed by atoms with van der Waals surface area (Å²) < 4.78 is 54.3. The first kappa shape index (κ1) is 24.3. The fraction of sp³-hybridized carbons (Fsp3) is 0.474. The molecule has 1 fully saturated rings. The fourth-order valence-electron chi connectivity index (χ4n) is 3.73. The SMILES string of the molecule is BC(B)(B)C(n1nc(-c2ccc(B3OC(C)(C)C(C)(C)O3)cc2)c(C#N)c1N)C(F)(F)F. The highest BCUT2D eigenvalue weighted by Gasteiger charge is 2.52. The van der Waals surface area contributed by atoms with Crippen LogP contribution in [0, 0.1) is 11.3 Å². The van der Waals surface area contributed by atoms with Crippen LogP contribution in [0.4, 0.5) is 19.0 Å². The Hall–Kier alpha value is -2.31. The van der Waals surface area contributed by atoms with E-state index in [0.29, 0.717) is 5.56 Å². The summed E-state index contributed by atoms with van der Waals surface area (Å²) in [6.07, 6.45) is -4.59. The summed E-state index contributed by atoms with van der Waals surface area (Å²) in [7, 11) is 3.79. The van der Waals surface area contributed by atoms with Crippen molar-refractivity contribution in [1.29, 1.82) is 5.26 Å². The van der Waals surface area contributed by atoms with Gasteiger partial charge in [0.25, 0.3) is 0 Å².